The van der Waals surface area contributed by atoms with E-state index >= 15 is 0 Å². The zero-order valence-electron chi connectivity index (χ0n) is 35.4. The lowest BCUT2D eigenvalue weighted by Crippen LogP contribution is -2.41. The monoisotopic (exact) mass is 850 g/mol. The number of benzene rings is 1. The van der Waals surface area contributed by atoms with Gasteiger partial charge >= 0.3 is 11.9 Å². The highest BCUT2D eigenvalue weighted by molar-refractivity contribution is 5.84. The number of hydrogen-bond acceptors (Lipinski definition) is 11. The number of carbonyl (C=O) groups is 7. The minimum absolute atomic E-state index is 0.0276. The normalized spacial score (nSPS) is 11.4. The van der Waals surface area contributed by atoms with E-state index in [1.807, 2.05) is 0 Å². The summed E-state index contributed by atoms with van der Waals surface area (Å²) in [5.74, 6) is -3.19. The Morgan fingerprint density at radius 1 is 0.517 bits per heavy atom. The van der Waals surface area contributed by atoms with Gasteiger partial charge in [-0.25, -0.2) is 4.79 Å². The Bertz CT molecular complexity index is 1350. The molecule has 1 unspecified atom stereocenters. The molecule has 340 valence electrons. The van der Waals surface area contributed by atoms with E-state index < -0.39 is 18.0 Å². The van der Waals surface area contributed by atoms with Gasteiger partial charge in [-0.05, 0) is 24.8 Å². The molecule has 17 nitrogen and oxygen atoms in total. The smallest absolute Gasteiger partial charge is 0.326 e. The highest BCUT2D eigenvalue weighted by Gasteiger charge is 2.20. The molecule has 17 heteroatoms. The number of unbranched alkanes of at least 4 members (excludes halogenated alkanes) is 13. The van der Waals surface area contributed by atoms with Gasteiger partial charge in [-0.3, -0.25) is 28.8 Å². The molecule has 4 amide bonds. The van der Waals surface area contributed by atoms with Gasteiger partial charge in [0.1, 0.15) is 25.5 Å². The van der Waals surface area contributed by atoms with E-state index in [0.29, 0.717) is 18.5 Å². The first-order valence-electron chi connectivity index (χ1n) is 21.5. The van der Waals surface area contributed by atoms with Crippen molar-refractivity contribution < 1.29 is 62.7 Å². The van der Waals surface area contributed by atoms with Gasteiger partial charge in [0.25, 0.3) is 0 Å². The number of aldehydes is 1. The summed E-state index contributed by atoms with van der Waals surface area (Å²) in [6.07, 6.45) is 16.2. The average molecular weight is 851 g/mol. The number of amides is 4. The lowest BCUT2D eigenvalue weighted by molar-refractivity contribution is -0.142. The van der Waals surface area contributed by atoms with Crippen LogP contribution in [-0.2, 0) is 54.3 Å². The topological polar surface area (TPSA) is 245 Å². The zero-order chi connectivity index (χ0) is 43.9. The van der Waals surface area contributed by atoms with Crippen molar-refractivity contribution in [3.8, 4) is 0 Å². The van der Waals surface area contributed by atoms with Gasteiger partial charge < -0.3 is 50.4 Å². The fourth-order valence-corrected chi connectivity index (χ4v) is 5.88. The fraction of sp³-hybridized carbons (Fsp3) is 0.698. The molecule has 1 aromatic rings. The second kappa shape index (κ2) is 37.5. The first-order chi connectivity index (χ1) is 29.1. The molecule has 0 aromatic heterocycles. The van der Waals surface area contributed by atoms with E-state index in [-0.39, 0.29) is 115 Å². The molecule has 60 heavy (non-hydrogen) atoms. The third-order valence-corrected chi connectivity index (χ3v) is 9.29. The Hall–Kier alpha value is -4.45. The van der Waals surface area contributed by atoms with Gasteiger partial charge in [0.05, 0.1) is 39.6 Å². The van der Waals surface area contributed by atoms with Crippen LogP contribution in [0.15, 0.2) is 24.3 Å². The molecule has 0 aliphatic heterocycles. The molecule has 1 atom stereocenters. The van der Waals surface area contributed by atoms with Crippen molar-refractivity contribution in [1.29, 1.82) is 0 Å². The minimum atomic E-state index is -1.18. The summed E-state index contributed by atoms with van der Waals surface area (Å²) in [6, 6.07) is 5.73. The van der Waals surface area contributed by atoms with E-state index in [2.05, 4.69) is 21.3 Å². The number of carboxylic acids is 2. The maximum absolute atomic E-state index is 12.3. The molecule has 0 bridgehead atoms. The maximum atomic E-state index is 12.3. The summed E-state index contributed by atoms with van der Waals surface area (Å²) >= 11 is 0. The number of carboxylic acid groups (broad SMARTS) is 2. The Morgan fingerprint density at radius 2 is 0.967 bits per heavy atom. The number of rotatable bonds is 41. The van der Waals surface area contributed by atoms with Crippen LogP contribution >= 0.6 is 0 Å². The minimum Gasteiger partial charge on any atom is -0.481 e. The fourth-order valence-electron chi connectivity index (χ4n) is 5.88. The molecule has 0 spiro atoms. The lowest BCUT2D eigenvalue weighted by Gasteiger charge is -2.14. The number of ether oxygens (including phenoxy) is 4. The average Bonchev–Trinajstić information content (AvgIpc) is 3.23. The van der Waals surface area contributed by atoms with Crippen LogP contribution in [0.4, 0.5) is 0 Å². The molecule has 0 radical (unpaired) electrons. The standard InChI is InChI=1S/C43H70N4O13/c48-32-36-19-17-35(18-20-36)31-46-41(52)34-60-30-28-58-26-24-45-40(51)33-59-29-27-57-25-23-44-38(49)22-21-37(43(55)56)47-39(50)15-13-11-9-7-5-3-1-2-4-6-8-10-12-14-16-42(53)54/h17-20,32,37H,1-16,21-31,33-34H2,(H,44,49)(H,45,51)(H,46,52)(H,47,50)(H,53,54)(H,55,56). The van der Waals surface area contributed by atoms with Crippen molar-refractivity contribution in [1.82, 2.24) is 21.3 Å². The number of aliphatic carboxylic acids is 2. The van der Waals surface area contributed by atoms with Crippen LogP contribution in [0.25, 0.3) is 0 Å². The Kier molecular flexibility index (Phi) is 33.5. The third-order valence-electron chi connectivity index (χ3n) is 9.29. The van der Waals surface area contributed by atoms with Crippen molar-refractivity contribution in [2.45, 2.75) is 128 Å². The van der Waals surface area contributed by atoms with Crippen LogP contribution in [0.2, 0.25) is 0 Å². The molecular formula is C43H70N4O13. The SMILES string of the molecule is O=Cc1ccc(CNC(=O)COCCOCCNC(=O)COCCOCCNC(=O)CCC(NC(=O)CCCCCCCCCCCCCCCCC(=O)O)C(=O)O)cc1. The van der Waals surface area contributed by atoms with E-state index in [1.54, 1.807) is 24.3 Å². The molecule has 1 rings (SSSR count). The van der Waals surface area contributed by atoms with Crippen LogP contribution < -0.4 is 21.3 Å². The summed E-state index contributed by atoms with van der Waals surface area (Å²) in [7, 11) is 0. The van der Waals surface area contributed by atoms with Crippen molar-refractivity contribution in [2.75, 3.05) is 65.9 Å². The molecule has 1 aromatic carbocycles. The Labute approximate surface area is 354 Å². The first kappa shape index (κ1) is 53.6. The number of carbonyl (C=O) groups excluding carboxylic acids is 5. The molecular weight excluding hydrogens is 780 g/mol. The van der Waals surface area contributed by atoms with Gasteiger partial charge in [0.2, 0.25) is 23.6 Å². The van der Waals surface area contributed by atoms with Crippen molar-refractivity contribution in [3.63, 3.8) is 0 Å². The van der Waals surface area contributed by atoms with Crippen molar-refractivity contribution >= 4 is 41.9 Å². The summed E-state index contributed by atoms with van der Waals surface area (Å²) in [5.41, 5.74) is 1.43. The van der Waals surface area contributed by atoms with Crippen LogP contribution in [0, 0.1) is 0 Å². The largest absolute Gasteiger partial charge is 0.481 e. The van der Waals surface area contributed by atoms with Gasteiger partial charge in [0.15, 0.2) is 0 Å². The summed E-state index contributed by atoms with van der Waals surface area (Å²) in [4.78, 5) is 81.1. The van der Waals surface area contributed by atoms with Crippen LogP contribution in [0.3, 0.4) is 0 Å². The summed E-state index contributed by atoms with van der Waals surface area (Å²) in [6.45, 7) is 1.80. The maximum Gasteiger partial charge on any atom is 0.326 e. The molecule has 0 aliphatic rings. The van der Waals surface area contributed by atoms with Gasteiger partial charge in [-0.2, -0.15) is 0 Å². The van der Waals surface area contributed by atoms with Gasteiger partial charge in [0, 0.05) is 44.5 Å². The molecule has 0 heterocycles. The highest BCUT2D eigenvalue weighted by atomic mass is 16.5. The quantitative estimate of drug-likeness (QED) is 0.0402. The predicted octanol–water partition coefficient (Wildman–Crippen LogP) is 4.09. The van der Waals surface area contributed by atoms with E-state index in [1.165, 1.54) is 44.9 Å². The van der Waals surface area contributed by atoms with Gasteiger partial charge in [-0.1, -0.05) is 101 Å². The molecule has 0 fully saturated rings. The number of nitrogens with one attached hydrogen (secondary N) is 4. The summed E-state index contributed by atoms with van der Waals surface area (Å²) < 4.78 is 21.3. The van der Waals surface area contributed by atoms with E-state index in [0.717, 1.165) is 50.4 Å². The van der Waals surface area contributed by atoms with Crippen LogP contribution in [0.1, 0.15) is 131 Å². The van der Waals surface area contributed by atoms with Crippen molar-refractivity contribution in [2.24, 2.45) is 0 Å². The van der Waals surface area contributed by atoms with Gasteiger partial charge in [-0.15, -0.1) is 0 Å². The Balaban J connectivity index is 1.91. The lowest BCUT2D eigenvalue weighted by atomic mass is 10.0. The Morgan fingerprint density at radius 3 is 1.45 bits per heavy atom. The van der Waals surface area contributed by atoms with E-state index in [4.69, 9.17) is 24.1 Å². The molecule has 0 saturated heterocycles. The molecule has 0 saturated carbocycles. The first-order valence-corrected chi connectivity index (χ1v) is 21.5. The van der Waals surface area contributed by atoms with Crippen molar-refractivity contribution in [3.05, 3.63) is 35.4 Å². The summed E-state index contributed by atoms with van der Waals surface area (Å²) in [5, 5.41) is 28.7. The second-order valence-corrected chi connectivity index (χ2v) is 14.5. The predicted molar refractivity (Wildman–Crippen MR) is 223 cm³/mol. The molecule has 0 aliphatic carbocycles. The molecule has 6 N–H and O–H groups in total. The number of hydrogen-bond donors (Lipinski definition) is 6. The van der Waals surface area contributed by atoms with E-state index in [9.17, 15) is 38.7 Å². The zero-order valence-corrected chi connectivity index (χ0v) is 35.4. The van der Waals surface area contributed by atoms with Crippen LogP contribution in [-0.4, -0.2) is 124 Å². The highest BCUT2D eigenvalue weighted by Crippen LogP contribution is 2.14. The van der Waals surface area contributed by atoms with Crippen LogP contribution in [0.5, 0.6) is 0 Å². The second-order valence-electron chi connectivity index (χ2n) is 14.5. The third kappa shape index (κ3) is 33.4.